The van der Waals surface area contributed by atoms with E-state index in [-0.39, 0.29) is 5.97 Å². The van der Waals surface area contributed by atoms with Gasteiger partial charge in [0.1, 0.15) is 11.5 Å². The molecule has 0 aromatic heterocycles. The van der Waals surface area contributed by atoms with Gasteiger partial charge < -0.3 is 9.47 Å². The summed E-state index contributed by atoms with van der Waals surface area (Å²) in [5, 5.41) is 0. The molecule has 0 saturated carbocycles. The molecule has 3 rings (SSSR count). The van der Waals surface area contributed by atoms with Crippen LogP contribution in [0.2, 0.25) is 0 Å². The second-order valence-corrected chi connectivity index (χ2v) is 6.13. The van der Waals surface area contributed by atoms with E-state index in [2.05, 4.69) is 6.92 Å². The predicted molar refractivity (Wildman–Crippen MR) is 100 cm³/mol. The molecule has 0 bridgehead atoms. The van der Waals surface area contributed by atoms with Gasteiger partial charge in [-0.3, -0.25) is 0 Å². The van der Waals surface area contributed by atoms with Gasteiger partial charge in [-0.2, -0.15) is 0 Å². The monoisotopic (exact) mass is 334 g/mol. The minimum Gasteiger partial charge on any atom is -0.494 e. The summed E-state index contributed by atoms with van der Waals surface area (Å²) in [6.45, 7) is 4.89. The van der Waals surface area contributed by atoms with E-state index in [1.54, 1.807) is 6.08 Å². The quantitative estimate of drug-likeness (QED) is 0.416. The number of carbonyl (C=O) groups excluding carboxylic acids is 1. The lowest BCUT2D eigenvalue weighted by Crippen LogP contribution is -1.97. The van der Waals surface area contributed by atoms with Crippen molar-refractivity contribution in [1.29, 1.82) is 0 Å². The summed E-state index contributed by atoms with van der Waals surface area (Å²) >= 11 is 0. The van der Waals surface area contributed by atoms with Crippen molar-refractivity contribution in [1.82, 2.24) is 0 Å². The Kier molecular flexibility index (Phi) is 5.34. The van der Waals surface area contributed by atoms with Crippen LogP contribution in [0.1, 0.15) is 36.5 Å². The molecule has 1 heterocycles. The largest absolute Gasteiger partial charge is 0.494 e. The van der Waals surface area contributed by atoms with Crippen LogP contribution in [-0.2, 0) is 9.53 Å². The van der Waals surface area contributed by atoms with Crippen molar-refractivity contribution >= 4 is 17.8 Å². The van der Waals surface area contributed by atoms with Crippen LogP contribution in [0, 0.1) is 6.92 Å². The van der Waals surface area contributed by atoms with E-state index in [1.165, 1.54) is 5.56 Å². The van der Waals surface area contributed by atoms with Crippen LogP contribution in [0.15, 0.2) is 60.2 Å². The average Bonchev–Trinajstić information content (AvgIpc) is 2.98. The van der Waals surface area contributed by atoms with Gasteiger partial charge in [-0.05, 0) is 43.2 Å². The van der Waals surface area contributed by atoms with E-state index >= 15 is 0 Å². The highest BCUT2D eigenvalue weighted by molar-refractivity contribution is 6.05. The molecule has 3 nitrogen and oxygen atoms in total. The van der Waals surface area contributed by atoms with Crippen LogP contribution in [0.4, 0.5) is 0 Å². The van der Waals surface area contributed by atoms with E-state index in [1.807, 2.05) is 61.5 Å². The van der Waals surface area contributed by atoms with Crippen molar-refractivity contribution in [2.24, 2.45) is 0 Å². The van der Waals surface area contributed by atoms with Crippen LogP contribution < -0.4 is 4.74 Å². The maximum atomic E-state index is 12.1. The van der Waals surface area contributed by atoms with Crippen molar-refractivity contribution in [3.8, 4) is 5.75 Å². The standard InChI is InChI=1S/C22H22O3/c1-3-4-13-24-20-11-7-17(8-12-20)14-19-15-21(25-22(19)23)18-9-5-16(2)6-10-18/h5-12,14-15H,3-4,13H2,1-2H3/b19-14-. The summed E-state index contributed by atoms with van der Waals surface area (Å²) in [7, 11) is 0. The van der Waals surface area contributed by atoms with E-state index in [9.17, 15) is 4.79 Å². The highest BCUT2D eigenvalue weighted by Gasteiger charge is 2.21. The molecule has 25 heavy (non-hydrogen) atoms. The molecule has 0 radical (unpaired) electrons. The molecule has 0 N–H and O–H groups in total. The summed E-state index contributed by atoms with van der Waals surface area (Å²) in [5.74, 6) is 1.12. The summed E-state index contributed by atoms with van der Waals surface area (Å²) in [6, 6.07) is 15.7. The maximum Gasteiger partial charge on any atom is 0.343 e. The lowest BCUT2D eigenvalue weighted by molar-refractivity contribution is -0.130. The van der Waals surface area contributed by atoms with Crippen molar-refractivity contribution < 1.29 is 14.3 Å². The van der Waals surface area contributed by atoms with Gasteiger partial charge in [0.05, 0.1) is 12.2 Å². The van der Waals surface area contributed by atoms with E-state index in [0.717, 1.165) is 36.3 Å². The molecule has 0 amide bonds. The molecule has 1 aliphatic rings. The van der Waals surface area contributed by atoms with Crippen LogP contribution in [-0.4, -0.2) is 12.6 Å². The molecule has 3 heteroatoms. The second-order valence-electron chi connectivity index (χ2n) is 6.13. The zero-order chi connectivity index (χ0) is 17.6. The Morgan fingerprint density at radius 3 is 2.44 bits per heavy atom. The van der Waals surface area contributed by atoms with Gasteiger partial charge in [0, 0.05) is 5.56 Å². The third-order valence-electron chi connectivity index (χ3n) is 4.03. The molecule has 128 valence electrons. The van der Waals surface area contributed by atoms with E-state index in [0.29, 0.717) is 11.3 Å². The normalized spacial score (nSPS) is 15.2. The zero-order valence-corrected chi connectivity index (χ0v) is 14.6. The lowest BCUT2D eigenvalue weighted by Gasteiger charge is -2.05. The molecule has 0 aliphatic carbocycles. The Hall–Kier alpha value is -2.81. The first-order valence-electron chi connectivity index (χ1n) is 8.61. The Morgan fingerprint density at radius 1 is 1.04 bits per heavy atom. The van der Waals surface area contributed by atoms with Crippen molar-refractivity contribution in [3.05, 3.63) is 76.9 Å². The van der Waals surface area contributed by atoms with Gasteiger partial charge in [0.25, 0.3) is 0 Å². The van der Waals surface area contributed by atoms with Gasteiger partial charge in [-0.25, -0.2) is 4.79 Å². The van der Waals surface area contributed by atoms with Crippen LogP contribution in [0.3, 0.4) is 0 Å². The second kappa shape index (κ2) is 7.84. The Morgan fingerprint density at radius 2 is 1.76 bits per heavy atom. The topological polar surface area (TPSA) is 35.5 Å². The third kappa shape index (κ3) is 4.38. The first kappa shape index (κ1) is 17.0. The minimum atomic E-state index is -0.321. The highest BCUT2D eigenvalue weighted by Crippen LogP contribution is 2.28. The summed E-state index contributed by atoms with van der Waals surface area (Å²) in [5.41, 5.74) is 3.57. The molecule has 2 aromatic carbocycles. The van der Waals surface area contributed by atoms with Gasteiger partial charge in [0.15, 0.2) is 0 Å². The fourth-order valence-electron chi connectivity index (χ4n) is 2.52. The highest BCUT2D eigenvalue weighted by atomic mass is 16.5. The first-order chi connectivity index (χ1) is 12.2. The average molecular weight is 334 g/mol. The Bertz CT molecular complexity index is 796. The molecule has 0 fully saturated rings. The number of carbonyl (C=O) groups is 1. The molecule has 0 unspecified atom stereocenters. The number of ether oxygens (including phenoxy) is 2. The Balaban J connectivity index is 1.74. The predicted octanol–water partition coefficient (Wildman–Crippen LogP) is 5.16. The molecule has 0 spiro atoms. The molecule has 0 atom stereocenters. The number of esters is 1. The zero-order valence-electron chi connectivity index (χ0n) is 14.6. The summed E-state index contributed by atoms with van der Waals surface area (Å²) in [6.07, 6.45) is 5.78. The molecular weight excluding hydrogens is 312 g/mol. The smallest absolute Gasteiger partial charge is 0.343 e. The number of cyclic esters (lactones) is 1. The van der Waals surface area contributed by atoms with E-state index < -0.39 is 0 Å². The SMILES string of the molecule is CCCCOc1ccc(/C=C2/C=C(c3ccc(C)cc3)OC2=O)cc1. The van der Waals surface area contributed by atoms with E-state index in [4.69, 9.17) is 9.47 Å². The summed E-state index contributed by atoms with van der Waals surface area (Å²) in [4.78, 5) is 12.1. The van der Waals surface area contributed by atoms with Crippen molar-refractivity contribution in [2.45, 2.75) is 26.7 Å². The van der Waals surface area contributed by atoms with Crippen molar-refractivity contribution in [2.75, 3.05) is 6.61 Å². The van der Waals surface area contributed by atoms with Crippen LogP contribution in [0.25, 0.3) is 11.8 Å². The van der Waals surface area contributed by atoms with Gasteiger partial charge in [-0.1, -0.05) is 55.3 Å². The number of rotatable bonds is 6. The number of aryl methyl sites for hydroxylation is 1. The fourth-order valence-corrected chi connectivity index (χ4v) is 2.52. The molecule has 0 saturated heterocycles. The molecule has 1 aliphatic heterocycles. The minimum absolute atomic E-state index is 0.321. The fraction of sp³-hybridized carbons (Fsp3) is 0.227. The third-order valence-corrected chi connectivity index (χ3v) is 4.03. The number of benzene rings is 2. The Labute approximate surface area is 148 Å². The number of hydrogen-bond acceptors (Lipinski definition) is 3. The van der Waals surface area contributed by atoms with Crippen molar-refractivity contribution in [3.63, 3.8) is 0 Å². The number of hydrogen-bond donors (Lipinski definition) is 0. The number of unbranched alkanes of at least 4 members (excludes halogenated alkanes) is 1. The van der Waals surface area contributed by atoms with Gasteiger partial charge in [0.2, 0.25) is 0 Å². The summed E-state index contributed by atoms with van der Waals surface area (Å²) < 4.78 is 11.0. The molecular formula is C22H22O3. The molecule has 2 aromatic rings. The van der Waals surface area contributed by atoms with Crippen LogP contribution in [0.5, 0.6) is 5.75 Å². The van der Waals surface area contributed by atoms with Gasteiger partial charge >= 0.3 is 5.97 Å². The first-order valence-corrected chi connectivity index (χ1v) is 8.61. The maximum absolute atomic E-state index is 12.1. The lowest BCUT2D eigenvalue weighted by atomic mass is 10.1. The van der Waals surface area contributed by atoms with Crippen LogP contribution >= 0.6 is 0 Å². The van der Waals surface area contributed by atoms with Gasteiger partial charge in [-0.15, -0.1) is 0 Å².